The Morgan fingerprint density at radius 3 is 2.40 bits per heavy atom. The summed E-state index contributed by atoms with van der Waals surface area (Å²) in [6, 6.07) is 1.73. The highest BCUT2D eigenvalue weighted by Gasteiger charge is 2.73. The van der Waals surface area contributed by atoms with Crippen LogP contribution in [-0.4, -0.2) is 60.7 Å². The van der Waals surface area contributed by atoms with Crippen LogP contribution < -0.4 is 0 Å². The number of Topliss-reactive ketones (excluding diaryl/α,β-unsaturated/α-hetero) is 2. The first-order chi connectivity index (χ1) is 24.0. The number of aliphatic hydroxyl groups is 3. The van der Waals surface area contributed by atoms with Crippen molar-refractivity contribution < 1.29 is 34.4 Å². The third-order valence-corrected chi connectivity index (χ3v) is 16.4. The van der Waals surface area contributed by atoms with Gasteiger partial charge in [0.05, 0.1) is 40.6 Å². The second-order valence-corrected chi connectivity index (χ2v) is 19.9. The van der Waals surface area contributed by atoms with Gasteiger partial charge in [0.15, 0.2) is 11.6 Å². The lowest BCUT2D eigenvalue weighted by molar-refractivity contribution is -0.301. The smallest absolute Gasteiger partial charge is 0.192 e. The Morgan fingerprint density at radius 1 is 1.06 bits per heavy atom. The van der Waals surface area contributed by atoms with E-state index in [1.165, 1.54) is 18.2 Å². The minimum absolute atomic E-state index is 0.0126. The monoisotopic (exact) mass is 711 g/mol. The Kier molecular flexibility index (Phi) is 6.86. The van der Waals surface area contributed by atoms with Crippen molar-refractivity contribution in [1.82, 2.24) is 4.57 Å². The minimum atomic E-state index is -1.40. The topological polar surface area (TPSA) is 118 Å². The largest absolute Gasteiger partial charge is 0.390 e. The zero-order valence-corrected chi connectivity index (χ0v) is 32.6. The van der Waals surface area contributed by atoms with Gasteiger partial charge in [0.1, 0.15) is 11.8 Å². The maximum Gasteiger partial charge on any atom is 0.192 e. The van der Waals surface area contributed by atoms with E-state index in [0.29, 0.717) is 24.3 Å². The van der Waals surface area contributed by atoms with Gasteiger partial charge in [-0.1, -0.05) is 39.8 Å². The van der Waals surface area contributed by atoms with Gasteiger partial charge < -0.3 is 29.4 Å². The Balaban J connectivity index is 1.24. The van der Waals surface area contributed by atoms with Crippen LogP contribution in [0.25, 0.3) is 16.5 Å². The molecule has 52 heavy (non-hydrogen) atoms. The maximum atomic E-state index is 14.9. The van der Waals surface area contributed by atoms with Crippen LogP contribution in [0, 0.1) is 34.5 Å². The average molecular weight is 712 g/mol. The number of benzene rings is 1. The van der Waals surface area contributed by atoms with Crippen LogP contribution in [0.1, 0.15) is 146 Å². The minimum Gasteiger partial charge on any atom is -0.390 e. The van der Waals surface area contributed by atoms with Crippen molar-refractivity contribution in [2.75, 3.05) is 0 Å². The van der Waals surface area contributed by atoms with E-state index in [-0.39, 0.29) is 34.2 Å². The summed E-state index contributed by atoms with van der Waals surface area (Å²) in [6.45, 7) is 24.8. The molecule has 1 aromatic carbocycles. The predicted octanol–water partition coefficient (Wildman–Crippen LogP) is 7.30. The van der Waals surface area contributed by atoms with Crippen molar-refractivity contribution in [3.63, 3.8) is 0 Å². The van der Waals surface area contributed by atoms with E-state index in [9.17, 15) is 24.9 Å². The Hall–Kier alpha value is -2.62. The van der Waals surface area contributed by atoms with Crippen LogP contribution in [0.3, 0.4) is 0 Å². The first-order valence-electron chi connectivity index (χ1n) is 19.7. The second kappa shape index (κ2) is 10.2. The maximum absolute atomic E-state index is 14.9. The molecular weight excluding hydrogens is 654 g/mol. The second-order valence-electron chi connectivity index (χ2n) is 19.9. The molecule has 8 heteroatoms. The van der Waals surface area contributed by atoms with Crippen molar-refractivity contribution in [3.05, 3.63) is 52.2 Å². The fraction of sp³-hybridized carbons (Fsp3) is 0.682. The molecule has 4 aliphatic carbocycles. The highest BCUT2D eigenvalue weighted by molar-refractivity contribution is 6.18. The zero-order valence-electron chi connectivity index (χ0n) is 32.6. The molecule has 9 rings (SSSR count). The number of ether oxygens (including phenoxy) is 2. The molecule has 12 unspecified atom stereocenters. The lowest BCUT2D eigenvalue weighted by atomic mass is 9.40. The molecule has 7 aliphatic rings. The van der Waals surface area contributed by atoms with Crippen LogP contribution in [0.4, 0.5) is 0 Å². The Bertz CT molecular complexity index is 2050. The molecule has 1 aromatic heterocycles. The number of rotatable bonds is 4. The average Bonchev–Trinajstić information content (AvgIpc) is 3.77. The first kappa shape index (κ1) is 35.1. The van der Waals surface area contributed by atoms with Gasteiger partial charge in [-0.3, -0.25) is 9.59 Å². The number of nitrogens with zero attached hydrogens (tertiary/aromatic N) is 1. The van der Waals surface area contributed by atoms with Crippen molar-refractivity contribution in [3.8, 4) is 0 Å². The van der Waals surface area contributed by atoms with Gasteiger partial charge in [0.2, 0.25) is 0 Å². The fourth-order valence-corrected chi connectivity index (χ4v) is 13.9. The van der Waals surface area contributed by atoms with E-state index in [4.69, 9.17) is 9.47 Å². The third kappa shape index (κ3) is 3.87. The van der Waals surface area contributed by atoms with Crippen LogP contribution in [0.5, 0.6) is 0 Å². The molecule has 3 fully saturated rings. The number of aromatic nitrogens is 1. The van der Waals surface area contributed by atoms with E-state index in [1.807, 2.05) is 20.8 Å². The van der Waals surface area contributed by atoms with E-state index in [2.05, 4.69) is 57.9 Å². The summed E-state index contributed by atoms with van der Waals surface area (Å²) in [5.74, 6) is -1.92. The lowest BCUT2D eigenvalue weighted by Gasteiger charge is -2.65. The number of hydrogen-bond acceptors (Lipinski definition) is 7. The fourth-order valence-electron chi connectivity index (χ4n) is 13.9. The normalized spacial score (nSPS) is 42.9. The Morgan fingerprint density at radius 2 is 1.75 bits per heavy atom. The molecule has 3 aliphatic heterocycles. The summed E-state index contributed by atoms with van der Waals surface area (Å²) < 4.78 is 15.3. The molecule has 2 aromatic rings. The highest BCUT2D eigenvalue weighted by atomic mass is 16.6. The van der Waals surface area contributed by atoms with Crippen molar-refractivity contribution in [2.24, 2.45) is 34.5 Å². The van der Waals surface area contributed by atoms with Gasteiger partial charge in [-0.25, -0.2) is 0 Å². The molecule has 0 bridgehead atoms. The first-order valence-corrected chi connectivity index (χ1v) is 19.7. The number of fused-ring (bicyclic) bond motifs is 13. The van der Waals surface area contributed by atoms with Crippen LogP contribution in [0.15, 0.2) is 24.3 Å². The van der Waals surface area contributed by atoms with Gasteiger partial charge >= 0.3 is 0 Å². The van der Waals surface area contributed by atoms with Crippen LogP contribution >= 0.6 is 0 Å². The van der Waals surface area contributed by atoms with E-state index in [0.717, 1.165) is 58.9 Å². The number of hydrogen-bond donors (Lipinski definition) is 3. The summed E-state index contributed by atoms with van der Waals surface area (Å²) in [5, 5.41) is 36.9. The zero-order chi connectivity index (χ0) is 37.6. The molecule has 2 saturated carbocycles. The number of carbonyl (C=O) groups excluding carboxylic acids is 2. The number of aliphatic hydroxyl groups excluding tert-OH is 2. The van der Waals surface area contributed by atoms with Crippen molar-refractivity contribution >= 4 is 28.0 Å². The van der Waals surface area contributed by atoms with Crippen molar-refractivity contribution in [2.45, 2.75) is 155 Å². The SMILES string of the molecule is C=C(C)C1C(=O)c2c3c(cc4c5c(n1c24)C1(C)C(CCC2C4(C)CC(C(O)C(C)C(C)=O)OC4(O)CCC21C)C5)C1=CC(C)(C)OC(C)(C)C1C3O. The van der Waals surface area contributed by atoms with Gasteiger partial charge in [-0.05, 0) is 120 Å². The molecule has 1 saturated heterocycles. The van der Waals surface area contributed by atoms with Gasteiger partial charge in [0, 0.05) is 45.7 Å². The summed E-state index contributed by atoms with van der Waals surface area (Å²) in [7, 11) is 0. The molecular formula is C44H57NO7. The van der Waals surface area contributed by atoms with Crippen LogP contribution in [0.2, 0.25) is 0 Å². The molecule has 0 spiro atoms. The summed E-state index contributed by atoms with van der Waals surface area (Å²) in [6.07, 6.45) is 4.13. The quantitative estimate of drug-likeness (QED) is 0.285. The molecule has 0 radical (unpaired) electrons. The van der Waals surface area contributed by atoms with Gasteiger partial charge in [0.25, 0.3) is 0 Å². The van der Waals surface area contributed by atoms with E-state index < -0.39 is 52.7 Å². The number of ketones is 2. The van der Waals surface area contributed by atoms with Gasteiger partial charge in [-0.15, -0.1) is 0 Å². The summed E-state index contributed by atoms with van der Waals surface area (Å²) in [4.78, 5) is 27.2. The Labute approximate surface area is 307 Å². The molecule has 3 N–H and O–H groups in total. The predicted molar refractivity (Wildman–Crippen MR) is 199 cm³/mol. The summed E-state index contributed by atoms with van der Waals surface area (Å²) >= 11 is 0. The molecule has 4 heterocycles. The van der Waals surface area contributed by atoms with Crippen LogP contribution in [-0.2, 0) is 26.1 Å². The van der Waals surface area contributed by atoms with E-state index in [1.54, 1.807) is 6.92 Å². The third-order valence-electron chi connectivity index (χ3n) is 16.4. The summed E-state index contributed by atoms with van der Waals surface area (Å²) in [5.41, 5.74) is 5.30. The molecule has 8 nitrogen and oxygen atoms in total. The highest BCUT2D eigenvalue weighted by Crippen LogP contribution is 2.74. The molecule has 280 valence electrons. The van der Waals surface area contributed by atoms with Crippen molar-refractivity contribution in [1.29, 1.82) is 0 Å². The van der Waals surface area contributed by atoms with E-state index >= 15 is 0 Å². The number of allylic oxidation sites excluding steroid dienone is 1. The molecule has 12 atom stereocenters. The number of carbonyl (C=O) groups is 2. The molecule has 0 amide bonds. The van der Waals surface area contributed by atoms with Gasteiger partial charge in [-0.2, -0.15) is 0 Å². The standard InChI is InChI=1S/C44H57NO7/c1-20(2)33-37(49)31-30-24(27-18-39(5,6)52-40(7,8)32(27)36(30)48)17-25-26-16-23-12-13-29-41(9,43(23,11)38(26)45(33)34(25)31)14-15-44(50)42(29,10)19-28(51-44)35(47)21(3)22(4)46/h17-18,21,23,28-29,32-33,35-36,47-48,50H,1,12-16,19H2,2-11H3. The lowest BCUT2D eigenvalue weighted by Crippen LogP contribution is -2.65.